The van der Waals surface area contributed by atoms with Crippen LogP contribution in [0.2, 0.25) is 0 Å². The maximum absolute atomic E-state index is 14.5. The minimum atomic E-state index is -2.83. The number of hydrogen-bond acceptors (Lipinski definition) is 4. The number of benzene rings is 1. The number of piperidine rings is 2. The standard InChI is InChI=1S/C24H28F2N4O/c1-16-10-18(20-6-5-17(12-27)23-21(20)4-3-8-28-23)14-30(13-16)22(31)11-19-7-9-29(2)15-24(19,25)26/h3-6,8,16,18-19H,7,9-11,13-15H2,1-2H3/t16-,18+,19-/m1/s1. The van der Waals surface area contributed by atoms with Gasteiger partial charge in [-0.3, -0.25) is 9.78 Å². The molecule has 0 unspecified atom stereocenters. The van der Waals surface area contributed by atoms with Crippen LogP contribution >= 0.6 is 0 Å². The van der Waals surface area contributed by atoms with Gasteiger partial charge in [0.05, 0.1) is 17.6 Å². The number of carbonyl (C=O) groups is 1. The van der Waals surface area contributed by atoms with Crippen molar-refractivity contribution in [3.8, 4) is 6.07 Å². The lowest BCUT2D eigenvalue weighted by Crippen LogP contribution is -2.49. The summed E-state index contributed by atoms with van der Waals surface area (Å²) in [6.07, 6.45) is 2.82. The fourth-order valence-electron chi connectivity index (χ4n) is 5.17. The number of rotatable bonds is 3. The van der Waals surface area contributed by atoms with Crippen LogP contribution < -0.4 is 0 Å². The van der Waals surface area contributed by atoms with Gasteiger partial charge in [0.15, 0.2) is 0 Å². The minimum absolute atomic E-state index is 0.0881. The van der Waals surface area contributed by atoms with Crippen molar-refractivity contribution in [2.24, 2.45) is 11.8 Å². The fourth-order valence-corrected chi connectivity index (χ4v) is 5.17. The number of likely N-dealkylation sites (tertiary alicyclic amines) is 2. The predicted octanol–water partition coefficient (Wildman–Crippen LogP) is 4.04. The first kappa shape index (κ1) is 21.6. The first-order valence-corrected chi connectivity index (χ1v) is 10.9. The van der Waals surface area contributed by atoms with E-state index in [2.05, 4.69) is 18.0 Å². The molecular weight excluding hydrogens is 398 g/mol. The van der Waals surface area contributed by atoms with E-state index in [1.807, 2.05) is 18.2 Å². The van der Waals surface area contributed by atoms with Crippen LogP contribution in [0.3, 0.4) is 0 Å². The van der Waals surface area contributed by atoms with E-state index >= 15 is 0 Å². The van der Waals surface area contributed by atoms with Crippen LogP contribution in [-0.4, -0.2) is 59.8 Å². The number of pyridine rings is 1. The summed E-state index contributed by atoms with van der Waals surface area (Å²) < 4.78 is 28.9. The van der Waals surface area contributed by atoms with Crippen LogP contribution in [0, 0.1) is 23.2 Å². The SMILES string of the molecule is C[C@@H]1C[C@H](c2ccc(C#N)c3ncccc23)CN(C(=O)C[C@H]2CCN(C)CC2(F)F)C1. The Morgan fingerprint density at radius 3 is 2.87 bits per heavy atom. The summed E-state index contributed by atoms with van der Waals surface area (Å²) in [5, 5.41) is 10.3. The number of hydrogen-bond donors (Lipinski definition) is 0. The minimum Gasteiger partial charge on any atom is -0.342 e. The molecule has 3 atom stereocenters. The highest BCUT2D eigenvalue weighted by atomic mass is 19.3. The van der Waals surface area contributed by atoms with Gasteiger partial charge in [0.1, 0.15) is 6.07 Å². The number of amides is 1. The van der Waals surface area contributed by atoms with Gasteiger partial charge in [-0.25, -0.2) is 8.78 Å². The number of alkyl halides is 2. The normalized spacial score (nSPS) is 26.5. The van der Waals surface area contributed by atoms with Crippen LogP contribution in [0.15, 0.2) is 30.5 Å². The number of carbonyl (C=O) groups excluding carboxylic acids is 1. The smallest absolute Gasteiger partial charge is 0.263 e. The van der Waals surface area contributed by atoms with Gasteiger partial charge >= 0.3 is 0 Å². The first-order valence-electron chi connectivity index (χ1n) is 10.9. The largest absolute Gasteiger partial charge is 0.342 e. The van der Waals surface area contributed by atoms with Gasteiger partial charge in [-0.2, -0.15) is 5.26 Å². The second-order valence-corrected chi connectivity index (χ2v) is 9.24. The average molecular weight is 427 g/mol. The Hall–Kier alpha value is -2.59. The van der Waals surface area contributed by atoms with Crippen molar-refractivity contribution < 1.29 is 13.6 Å². The summed E-state index contributed by atoms with van der Waals surface area (Å²) in [6, 6.07) is 9.75. The van der Waals surface area contributed by atoms with Crippen molar-refractivity contribution in [1.29, 1.82) is 5.26 Å². The molecule has 2 aliphatic rings. The zero-order valence-electron chi connectivity index (χ0n) is 18.0. The molecule has 1 aromatic heterocycles. The number of fused-ring (bicyclic) bond motifs is 1. The molecule has 2 saturated heterocycles. The summed E-state index contributed by atoms with van der Waals surface area (Å²) in [5.74, 6) is -3.56. The summed E-state index contributed by atoms with van der Waals surface area (Å²) >= 11 is 0. The molecule has 2 fully saturated rings. The lowest BCUT2D eigenvalue weighted by molar-refractivity contribution is -0.145. The van der Waals surface area contributed by atoms with Gasteiger partial charge in [-0.1, -0.05) is 19.1 Å². The zero-order valence-corrected chi connectivity index (χ0v) is 18.0. The number of aromatic nitrogens is 1. The zero-order chi connectivity index (χ0) is 22.2. The van der Waals surface area contributed by atoms with E-state index < -0.39 is 11.8 Å². The van der Waals surface area contributed by atoms with Gasteiger partial charge in [0, 0.05) is 42.9 Å². The highest BCUT2D eigenvalue weighted by Crippen LogP contribution is 2.38. The lowest BCUT2D eigenvalue weighted by atomic mass is 9.82. The molecule has 0 N–H and O–H groups in total. The molecule has 0 aliphatic carbocycles. The molecule has 0 radical (unpaired) electrons. The lowest BCUT2D eigenvalue weighted by Gasteiger charge is -2.40. The van der Waals surface area contributed by atoms with Crippen LogP contribution in [0.5, 0.6) is 0 Å². The summed E-state index contributed by atoms with van der Waals surface area (Å²) in [6.45, 7) is 3.52. The van der Waals surface area contributed by atoms with E-state index in [-0.39, 0.29) is 30.7 Å². The average Bonchev–Trinajstić information content (AvgIpc) is 2.74. The van der Waals surface area contributed by atoms with Gasteiger partial charge in [0.2, 0.25) is 5.91 Å². The van der Waals surface area contributed by atoms with Crippen LogP contribution in [0.1, 0.15) is 43.2 Å². The summed E-state index contributed by atoms with van der Waals surface area (Å²) in [4.78, 5) is 20.8. The number of nitriles is 1. The molecular formula is C24H28F2N4O. The third-order valence-electron chi connectivity index (χ3n) is 6.73. The van der Waals surface area contributed by atoms with Crippen molar-refractivity contribution in [1.82, 2.24) is 14.8 Å². The molecule has 2 aliphatic heterocycles. The molecule has 164 valence electrons. The molecule has 31 heavy (non-hydrogen) atoms. The number of halogens is 2. The van der Waals surface area contributed by atoms with Gasteiger partial charge in [-0.15, -0.1) is 0 Å². The van der Waals surface area contributed by atoms with Crippen molar-refractivity contribution in [3.05, 3.63) is 41.6 Å². The second kappa shape index (κ2) is 8.51. The molecule has 3 heterocycles. The van der Waals surface area contributed by atoms with Crippen LogP contribution in [-0.2, 0) is 4.79 Å². The Morgan fingerprint density at radius 1 is 1.32 bits per heavy atom. The molecule has 5 nitrogen and oxygen atoms in total. The van der Waals surface area contributed by atoms with Gasteiger partial charge < -0.3 is 9.80 Å². The fraction of sp³-hybridized carbons (Fsp3) is 0.542. The highest BCUT2D eigenvalue weighted by molar-refractivity contribution is 5.87. The Labute approximate surface area is 181 Å². The third kappa shape index (κ3) is 4.40. The van der Waals surface area contributed by atoms with E-state index in [4.69, 9.17) is 0 Å². The van der Waals surface area contributed by atoms with Crippen LogP contribution in [0.25, 0.3) is 10.9 Å². The Bertz CT molecular complexity index is 1020. The molecule has 0 spiro atoms. The van der Waals surface area contributed by atoms with Crippen molar-refractivity contribution in [2.75, 3.05) is 33.2 Å². The van der Waals surface area contributed by atoms with Gasteiger partial charge in [0.25, 0.3) is 5.92 Å². The Kier molecular flexibility index (Phi) is 5.94. The molecule has 1 amide bonds. The predicted molar refractivity (Wildman–Crippen MR) is 115 cm³/mol. The van der Waals surface area contributed by atoms with E-state index in [0.29, 0.717) is 37.1 Å². The van der Waals surface area contributed by atoms with Crippen molar-refractivity contribution in [2.45, 2.75) is 38.0 Å². The summed E-state index contributed by atoms with van der Waals surface area (Å²) in [5.41, 5.74) is 2.27. The van der Waals surface area contributed by atoms with Crippen LogP contribution in [0.4, 0.5) is 8.78 Å². The summed E-state index contributed by atoms with van der Waals surface area (Å²) in [7, 11) is 1.69. The maximum Gasteiger partial charge on any atom is 0.263 e. The molecule has 4 rings (SSSR count). The topological polar surface area (TPSA) is 60.2 Å². The molecule has 0 saturated carbocycles. The molecule has 2 aromatic rings. The van der Waals surface area contributed by atoms with E-state index in [1.165, 1.54) is 0 Å². The Balaban J connectivity index is 1.55. The maximum atomic E-state index is 14.5. The van der Waals surface area contributed by atoms with Crippen molar-refractivity contribution >= 4 is 16.8 Å². The quantitative estimate of drug-likeness (QED) is 0.743. The van der Waals surface area contributed by atoms with Crippen molar-refractivity contribution in [3.63, 3.8) is 0 Å². The monoisotopic (exact) mass is 426 g/mol. The molecule has 1 aromatic carbocycles. The van der Waals surface area contributed by atoms with E-state index in [1.54, 1.807) is 29.1 Å². The van der Waals surface area contributed by atoms with E-state index in [9.17, 15) is 18.8 Å². The van der Waals surface area contributed by atoms with Gasteiger partial charge in [-0.05, 0) is 50.0 Å². The number of nitrogens with zero attached hydrogens (tertiary/aromatic N) is 4. The second-order valence-electron chi connectivity index (χ2n) is 9.24. The third-order valence-corrected chi connectivity index (χ3v) is 6.73. The first-order chi connectivity index (χ1) is 14.8. The Morgan fingerprint density at radius 2 is 2.13 bits per heavy atom. The van der Waals surface area contributed by atoms with E-state index in [0.717, 1.165) is 17.4 Å². The molecule has 0 bridgehead atoms. The highest BCUT2D eigenvalue weighted by Gasteiger charge is 2.45. The molecule has 7 heteroatoms.